The van der Waals surface area contributed by atoms with Gasteiger partial charge in [-0.3, -0.25) is 4.79 Å². The summed E-state index contributed by atoms with van der Waals surface area (Å²) in [5, 5.41) is 3.72. The number of rotatable bonds is 3. The average Bonchev–Trinajstić information content (AvgIpc) is 2.46. The molecule has 1 amide bonds. The second kappa shape index (κ2) is 5.16. The topological polar surface area (TPSA) is 38.3 Å². The van der Waals surface area contributed by atoms with E-state index in [0.717, 1.165) is 37.0 Å². The highest BCUT2D eigenvalue weighted by molar-refractivity contribution is 6.31. The minimum absolute atomic E-state index is 0.151. The van der Waals surface area contributed by atoms with Gasteiger partial charge in [0.15, 0.2) is 0 Å². The first kappa shape index (κ1) is 14.4. The van der Waals surface area contributed by atoms with Gasteiger partial charge >= 0.3 is 0 Å². The average molecular weight is 320 g/mol. The van der Waals surface area contributed by atoms with Crippen molar-refractivity contribution in [3.8, 4) is 5.75 Å². The molecule has 5 rings (SSSR count). The van der Waals surface area contributed by atoms with E-state index in [2.05, 4.69) is 5.32 Å². The number of hydrogen-bond donors (Lipinski definition) is 1. The standard InChI is InChI=1S/C18H22ClNO2/c1-22-16-3-2-14(19)7-15(16)20-17(21)18-8-11-4-12(9-18)6-13(5-11)10-18/h2-3,7,11-13H,4-6,8-10H2,1H3,(H,20,21). The molecule has 0 radical (unpaired) electrons. The van der Waals surface area contributed by atoms with Crippen molar-refractivity contribution < 1.29 is 9.53 Å². The van der Waals surface area contributed by atoms with E-state index in [0.29, 0.717) is 16.5 Å². The quantitative estimate of drug-likeness (QED) is 0.890. The molecule has 4 aliphatic rings. The number of carbonyl (C=O) groups is 1. The van der Waals surface area contributed by atoms with E-state index in [1.165, 1.54) is 19.3 Å². The lowest BCUT2D eigenvalue weighted by molar-refractivity contribution is -0.140. The van der Waals surface area contributed by atoms with E-state index in [1.54, 1.807) is 25.3 Å². The van der Waals surface area contributed by atoms with Crippen LogP contribution >= 0.6 is 11.6 Å². The SMILES string of the molecule is COc1ccc(Cl)cc1NC(=O)C12CC3CC(CC(C3)C1)C2. The van der Waals surface area contributed by atoms with Gasteiger partial charge in [0.1, 0.15) is 5.75 Å². The number of benzene rings is 1. The van der Waals surface area contributed by atoms with Crippen molar-refractivity contribution in [1.29, 1.82) is 0 Å². The van der Waals surface area contributed by atoms with Crippen LogP contribution in [0, 0.1) is 23.2 Å². The van der Waals surface area contributed by atoms with Gasteiger partial charge in [-0.25, -0.2) is 0 Å². The number of methoxy groups -OCH3 is 1. The van der Waals surface area contributed by atoms with Crippen LogP contribution in [0.3, 0.4) is 0 Å². The van der Waals surface area contributed by atoms with E-state index >= 15 is 0 Å². The fraction of sp³-hybridized carbons (Fsp3) is 0.611. The molecule has 4 fully saturated rings. The second-order valence-corrected chi connectivity index (χ2v) is 7.93. The summed E-state index contributed by atoms with van der Waals surface area (Å²) in [5.41, 5.74) is 0.540. The monoisotopic (exact) mass is 319 g/mol. The van der Waals surface area contributed by atoms with Crippen molar-refractivity contribution in [2.45, 2.75) is 38.5 Å². The third kappa shape index (κ3) is 2.30. The molecule has 22 heavy (non-hydrogen) atoms. The van der Waals surface area contributed by atoms with Gasteiger partial charge in [-0.2, -0.15) is 0 Å². The Hall–Kier alpha value is -1.22. The molecule has 0 unspecified atom stereocenters. The third-order valence-electron chi connectivity index (χ3n) is 5.93. The van der Waals surface area contributed by atoms with Gasteiger partial charge in [-0.1, -0.05) is 11.6 Å². The van der Waals surface area contributed by atoms with Gasteiger partial charge in [-0.15, -0.1) is 0 Å². The van der Waals surface area contributed by atoms with Crippen molar-refractivity contribution in [2.24, 2.45) is 23.2 Å². The van der Waals surface area contributed by atoms with Gasteiger partial charge in [-0.05, 0) is 74.5 Å². The zero-order valence-corrected chi connectivity index (χ0v) is 13.7. The second-order valence-electron chi connectivity index (χ2n) is 7.50. The van der Waals surface area contributed by atoms with Gasteiger partial charge in [0.05, 0.1) is 18.2 Å². The highest BCUT2D eigenvalue weighted by atomic mass is 35.5. The molecule has 4 saturated carbocycles. The van der Waals surface area contributed by atoms with E-state index < -0.39 is 0 Å². The van der Waals surface area contributed by atoms with Crippen LogP contribution in [0.25, 0.3) is 0 Å². The zero-order chi connectivity index (χ0) is 15.3. The molecule has 4 heteroatoms. The molecule has 4 aliphatic carbocycles. The highest BCUT2D eigenvalue weighted by Crippen LogP contribution is 2.60. The summed E-state index contributed by atoms with van der Waals surface area (Å²) in [6, 6.07) is 5.36. The molecular formula is C18H22ClNO2. The van der Waals surface area contributed by atoms with Crippen molar-refractivity contribution in [2.75, 3.05) is 12.4 Å². The van der Waals surface area contributed by atoms with Crippen LogP contribution in [-0.2, 0) is 4.79 Å². The van der Waals surface area contributed by atoms with Crippen LogP contribution in [0.15, 0.2) is 18.2 Å². The van der Waals surface area contributed by atoms with E-state index in [9.17, 15) is 4.79 Å². The summed E-state index contributed by atoms with van der Waals surface area (Å²) in [6.45, 7) is 0. The number of halogens is 1. The molecule has 0 heterocycles. The Balaban J connectivity index is 1.59. The normalized spacial score (nSPS) is 35.5. The predicted molar refractivity (Wildman–Crippen MR) is 87.2 cm³/mol. The Morgan fingerprint density at radius 1 is 1.18 bits per heavy atom. The van der Waals surface area contributed by atoms with Crippen LogP contribution in [0.2, 0.25) is 5.02 Å². The lowest BCUT2D eigenvalue weighted by atomic mass is 9.49. The van der Waals surface area contributed by atoms with Crippen molar-refractivity contribution in [3.05, 3.63) is 23.2 Å². The van der Waals surface area contributed by atoms with Crippen LogP contribution in [-0.4, -0.2) is 13.0 Å². The zero-order valence-electron chi connectivity index (χ0n) is 12.9. The smallest absolute Gasteiger partial charge is 0.230 e. The molecule has 3 nitrogen and oxygen atoms in total. The summed E-state index contributed by atoms with van der Waals surface area (Å²) < 4.78 is 5.35. The lowest BCUT2D eigenvalue weighted by Gasteiger charge is -2.55. The summed E-state index contributed by atoms with van der Waals surface area (Å²) in [4.78, 5) is 13.0. The van der Waals surface area contributed by atoms with E-state index in [1.807, 2.05) is 0 Å². The Morgan fingerprint density at radius 2 is 1.77 bits per heavy atom. The summed E-state index contributed by atoms with van der Waals surface area (Å²) in [5.74, 6) is 3.13. The van der Waals surface area contributed by atoms with Gasteiger partial charge in [0.2, 0.25) is 5.91 Å². The van der Waals surface area contributed by atoms with Crippen molar-refractivity contribution in [3.63, 3.8) is 0 Å². The van der Waals surface area contributed by atoms with Crippen molar-refractivity contribution >= 4 is 23.2 Å². The van der Waals surface area contributed by atoms with Gasteiger partial charge in [0.25, 0.3) is 0 Å². The predicted octanol–water partition coefficient (Wildman–Crippen LogP) is 4.50. The number of hydrogen-bond acceptors (Lipinski definition) is 2. The maximum Gasteiger partial charge on any atom is 0.230 e. The number of anilines is 1. The van der Waals surface area contributed by atoms with Crippen LogP contribution in [0.4, 0.5) is 5.69 Å². The number of nitrogens with one attached hydrogen (secondary N) is 1. The number of amides is 1. The molecule has 0 saturated heterocycles. The fourth-order valence-electron chi connectivity index (χ4n) is 5.42. The number of ether oxygens (including phenoxy) is 1. The molecule has 0 aromatic heterocycles. The highest BCUT2D eigenvalue weighted by Gasteiger charge is 2.54. The molecule has 1 aromatic carbocycles. The third-order valence-corrected chi connectivity index (χ3v) is 6.16. The molecule has 0 spiro atoms. The Labute approximate surface area is 136 Å². The molecule has 118 valence electrons. The van der Waals surface area contributed by atoms with E-state index in [4.69, 9.17) is 16.3 Å². The molecule has 4 bridgehead atoms. The maximum atomic E-state index is 13.0. The fourth-order valence-corrected chi connectivity index (χ4v) is 5.59. The summed E-state index contributed by atoms with van der Waals surface area (Å²) in [7, 11) is 1.61. The summed E-state index contributed by atoms with van der Waals surface area (Å²) >= 11 is 6.07. The summed E-state index contributed by atoms with van der Waals surface area (Å²) in [6.07, 6.45) is 7.21. The number of carbonyl (C=O) groups excluding carboxylic acids is 1. The first-order valence-electron chi connectivity index (χ1n) is 8.23. The molecule has 0 aliphatic heterocycles. The lowest BCUT2D eigenvalue weighted by Crippen LogP contribution is -2.51. The largest absolute Gasteiger partial charge is 0.495 e. The first-order chi connectivity index (χ1) is 10.6. The minimum Gasteiger partial charge on any atom is -0.495 e. The van der Waals surface area contributed by atoms with Crippen LogP contribution in [0.1, 0.15) is 38.5 Å². The van der Waals surface area contributed by atoms with Crippen molar-refractivity contribution in [1.82, 2.24) is 0 Å². The Kier molecular flexibility index (Phi) is 3.37. The van der Waals surface area contributed by atoms with Gasteiger partial charge in [0, 0.05) is 5.02 Å². The molecule has 1 aromatic rings. The molecule has 1 N–H and O–H groups in total. The minimum atomic E-state index is -0.151. The molecular weight excluding hydrogens is 298 g/mol. The molecule has 0 atom stereocenters. The first-order valence-corrected chi connectivity index (χ1v) is 8.61. The van der Waals surface area contributed by atoms with Crippen LogP contribution < -0.4 is 10.1 Å². The van der Waals surface area contributed by atoms with Gasteiger partial charge < -0.3 is 10.1 Å². The Morgan fingerprint density at radius 3 is 2.32 bits per heavy atom. The van der Waals surface area contributed by atoms with E-state index in [-0.39, 0.29) is 11.3 Å². The Bertz CT molecular complexity index is 578. The maximum absolute atomic E-state index is 13.0. The van der Waals surface area contributed by atoms with Crippen LogP contribution in [0.5, 0.6) is 5.75 Å².